The maximum atomic E-state index is 12.7. The van der Waals surface area contributed by atoms with Gasteiger partial charge in [0, 0.05) is 43.5 Å². The number of amides is 1. The first-order valence-corrected chi connectivity index (χ1v) is 8.61. The van der Waals surface area contributed by atoms with Gasteiger partial charge in [0.15, 0.2) is 11.5 Å². The molecule has 7 nitrogen and oxygen atoms in total. The average Bonchev–Trinajstić information content (AvgIpc) is 2.72. The van der Waals surface area contributed by atoms with Crippen molar-refractivity contribution in [3.63, 3.8) is 0 Å². The molecule has 0 bridgehead atoms. The van der Waals surface area contributed by atoms with E-state index in [2.05, 4.69) is 4.90 Å². The van der Waals surface area contributed by atoms with E-state index in [0.29, 0.717) is 43.2 Å². The van der Waals surface area contributed by atoms with Gasteiger partial charge in [0.25, 0.3) is 5.91 Å². The molecule has 1 amide bonds. The lowest BCUT2D eigenvalue weighted by atomic mass is 10.1. The molecule has 0 saturated carbocycles. The van der Waals surface area contributed by atoms with Crippen LogP contribution in [0.15, 0.2) is 42.5 Å². The van der Waals surface area contributed by atoms with Crippen LogP contribution in [0.5, 0.6) is 11.5 Å². The fourth-order valence-corrected chi connectivity index (χ4v) is 3.15. The van der Waals surface area contributed by atoms with Crippen LogP contribution in [0.1, 0.15) is 20.7 Å². The number of methoxy groups -OCH3 is 2. The number of piperazine rings is 1. The molecule has 2 aromatic rings. The van der Waals surface area contributed by atoms with Crippen LogP contribution >= 0.6 is 0 Å². The monoisotopic (exact) mass is 369 g/mol. The van der Waals surface area contributed by atoms with Crippen molar-refractivity contribution in [2.75, 3.05) is 45.3 Å². The summed E-state index contributed by atoms with van der Waals surface area (Å²) in [6, 6.07) is 11.7. The number of anilines is 1. The third-order valence-corrected chi connectivity index (χ3v) is 4.64. The highest BCUT2D eigenvalue weighted by atomic mass is 16.5. The second kappa shape index (κ2) is 7.99. The molecule has 1 saturated heterocycles. The van der Waals surface area contributed by atoms with E-state index >= 15 is 0 Å². The summed E-state index contributed by atoms with van der Waals surface area (Å²) >= 11 is 0. The van der Waals surface area contributed by atoms with Crippen molar-refractivity contribution in [3.8, 4) is 11.5 Å². The zero-order valence-corrected chi connectivity index (χ0v) is 15.3. The van der Waals surface area contributed by atoms with Crippen LogP contribution in [-0.2, 0) is 0 Å². The summed E-state index contributed by atoms with van der Waals surface area (Å²) in [5.41, 5.74) is 1.36. The SMILES string of the molecule is COc1ccc(N2CCN(C(=O)c3cccc(C(=O)[O-])c3)CC2)cc1OC. The minimum absolute atomic E-state index is 0.00446. The van der Waals surface area contributed by atoms with Crippen molar-refractivity contribution < 1.29 is 24.2 Å². The van der Waals surface area contributed by atoms with Gasteiger partial charge in [-0.25, -0.2) is 0 Å². The topological polar surface area (TPSA) is 82.1 Å². The summed E-state index contributed by atoms with van der Waals surface area (Å²) < 4.78 is 10.6. The highest BCUT2D eigenvalue weighted by Crippen LogP contribution is 2.31. The minimum Gasteiger partial charge on any atom is -0.545 e. The van der Waals surface area contributed by atoms with Crippen molar-refractivity contribution in [1.82, 2.24) is 4.90 Å². The number of rotatable bonds is 5. The number of carboxylic acid groups (broad SMARTS) is 1. The fraction of sp³-hybridized carbons (Fsp3) is 0.300. The van der Waals surface area contributed by atoms with Crippen LogP contribution in [0.2, 0.25) is 0 Å². The lowest BCUT2D eigenvalue weighted by Crippen LogP contribution is -2.48. The second-order valence-electron chi connectivity index (χ2n) is 6.19. The first-order valence-electron chi connectivity index (χ1n) is 8.61. The number of nitrogens with zero attached hydrogens (tertiary/aromatic N) is 2. The number of carbonyl (C=O) groups is 2. The van der Waals surface area contributed by atoms with Gasteiger partial charge in [-0.15, -0.1) is 0 Å². The van der Waals surface area contributed by atoms with Gasteiger partial charge in [0.2, 0.25) is 0 Å². The van der Waals surface area contributed by atoms with Crippen molar-refractivity contribution >= 4 is 17.6 Å². The molecule has 0 radical (unpaired) electrons. The van der Waals surface area contributed by atoms with Crippen LogP contribution in [-0.4, -0.2) is 57.2 Å². The van der Waals surface area contributed by atoms with Gasteiger partial charge in [0.05, 0.1) is 20.2 Å². The maximum Gasteiger partial charge on any atom is 0.253 e. The van der Waals surface area contributed by atoms with Gasteiger partial charge >= 0.3 is 0 Å². The Balaban J connectivity index is 1.67. The zero-order valence-electron chi connectivity index (χ0n) is 15.3. The number of carbonyl (C=O) groups excluding carboxylic acids is 2. The molecule has 7 heteroatoms. The summed E-state index contributed by atoms with van der Waals surface area (Å²) in [5, 5.41) is 11.0. The molecule has 0 N–H and O–H groups in total. The van der Waals surface area contributed by atoms with Gasteiger partial charge in [-0.1, -0.05) is 12.1 Å². The Labute approximate surface area is 157 Å². The Morgan fingerprint density at radius 1 is 0.889 bits per heavy atom. The van der Waals surface area contributed by atoms with Gasteiger partial charge in [-0.2, -0.15) is 0 Å². The molecule has 1 heterocycles. The van der Waals surface area contributed by atoms with E-state index in [4.69, 9.17) is 9.47 Å². The van der Waals surface area contributed by atoms with Crippen LogP contribution in [0.4, 0.5) is 5.69 Å². The number of aromatic carboxylic acids is 1. The van der Waals surface area contributed by atoms with Gasteiger partial charge in [-0.05, 0) is 29.8 Å². The van der Waals surface area contributed by atoms with Crippen molar-refractivity contribution in [1.29, 1.82) is 0 Å². The molecule has 1 fully saturated rings. The Kier molecular flexibility index (Phi) is 5.49. The van der Waals surface area contributed by atoms with Crippen molar-refractivity contribution in [3.05, 3.63) is 53.6 Å². The number of ether oxygens (including phenoxy) is 2. The molecule has 0 aromatic heterocycles. The Bertz CT molecular complexity index is 844. The number of benzene rings is 2. The summed E-state index contributed by atoms with van der Waals surface area (Å²) in [7, 11) is 3.19. The lowest BCUT2D eigenvalue weighted by molar-refractivity contribution is -0.255. The van der Waals surface area contributed by atoms with Crippen molar-refractivity contribution in [2.24, 2.45) is 0 Å². The Hall–Kier alpha value is -3.22. The molecule has 0 aliphatic carbocycles. The van der Waals surface area contributed by atoms with Crippen LogP contribution < -0.4 is 19.5 Å². The predicted octanol–water partition coefficient (Wildman–Crippen LogP) is 1.03. The third kappa shape index (κ3) is 3.97. The predicted molar refractivity (Wildman–Crippen MR) is 98.4 cm³/mol. The summed E-state index contributed by atoms with van der Waals surface area (Å²) in [5.74, 6) is -0.136. The molecule has 1 aliphatic rings. The quantitative estimate of drug-likeness (QED) is 0.783. The first kappa shape index (κ1) is 18.6. The number of hydrogen-bond acceptors (Lipinski definition) is 6. The molecule has 0 spiro atoms. The highest BCUT2D eigenvalue weighted by molar-refractivity contribution is 5.97. The molecule has 27 heavy (non-hydrogen) atoms. The molecule has 0 atom stereocenters. The summed E-state index contributed by atoms with van der Waals surface area (Å²) in [4.78, 5) is 27.5. The summed E-state index contributed by atoms with van der Waals surface area (Å²) in [6.45, 7) is 2.42. The zero-order chi connectivity index (χ0) is 19.4. The largest absolute Gasteiger partial charge is 0.545 e. The molecule has 2 aromatic carbocycles. The van der Waals surface area contributed by atoms with Crippen LogP contribution in [0.25, 0.3) is 0 Å². The standard InChI is InChI=1S/C20H22N2O5/c1-26-17-7-6-16(13-18(17)27-2)21-8-10-22(11-9-21)19(23)14-4-3-5-15(12-14)20(24)25/h3-7,12-13H,8-11H2,1-2H3,(H,24,25)/p-1. The van der Waals surface area contributed by atoms with Gasteiger partial charge < -0.3 is 29.2 Å². The van der Waals surface area contributed by atoms with E-state index in [9.17, 15) is 14.7 Å². The first-order chi connectivity index (χ1) is 13.0. The second-order valence-corrected chi connectivity index (χ2v) is 6.19. The Morgan fingerprint density at radius 3 is 2.19 bits per heavy atom. The van der Waals surface area contributed by atoms with Crippen molar-refractivity contribution in [2.45, 2.75) is 0 Å². The molecule has 3 rings (SSSR count). The minimum atomic E-state index is -1.29. The maximum absolute atomic E-state index is 12.7. The molecular weight excluding hydrogens is 348 g/mol. The van der Waals surface area contributed by atoms with E-state index in [-0.39, 0.29) is 11.5 Å². The number of hydrogen-bond donors (Lipinski definition) is 0. The average molecular weight is 369 g/mol. The normalized spacial score (nSPS) is 14.0. The summed E-state index contributed by atoms with van der Waals surface area (Å²) in [6.07, 6.45) is 0. The van der Waals surface area contributed by atoms with Gasteiger partial charge in [-0.3, -0.25) is 4.79 Å². The fourth-order valence-electron chi connectivity index (χ4n) is 3.15. The van der Waals surface area contributed by atoms with E-state index in [0.717, 1.165) is 5.69 Å². The molecular formula is C20H21N2O5-. The van der Waals surface area contributed by atoms with E-state index in [1.165, 1.54) is 12.1 Å². The highest BCUT2D eigenvalue weighted by Gasteiger charge is 2.23. The van der Waals surface area contributed by atoms with Crippen LogP contribution in [0.3, 0.4) is 0 Å². The van der Waals surface area contributed by atoms with E-state index in [1.54, 1.807) is 31.3 Å². The van der Waals surface area contributed by atoms with E-state index in [1.807, 2.05) is 18.2 Å². The smallest absolute Gasteiger partial charge is 0.253 e. The lowest BCUT2D eigenvalue weighted by Gasteiger charge is -2.36. The molecule has 142 valence electrons. The van der Waals surface area contributed by atoms with E-state index < -0.39 is 5.97 Å². The Morgan fingerprint density at radius 2 is 1.56 bits per heavy atom. The number of carboxylic acids is 1. The van der Waals surface area contributed by atoms with Gasteiger partial charge in [0.1, 0.15) is 0 Å². The van der Waals surface area contributed by atoms with Crippen LogP contribution in [0, 0.1) is 0 Å². The third-order valence-electron chi connectivity index (χ3n) is 4.64. The molecule has 0 unspecified atom stereocenters. The molecule has 1 aliphatic heterocycles.